The Morgan fingerprint density at radius 2 is 1.96 bits per heavy atom. The number of hydrogen-bond donors (Lipinski definition) is 1. The number of esters is 2. The molecule has 1 aromatic heterocycles. The smallest absolute Gasteiger partial charge is 0.359 e. The summed E-state index contributed by atoms with van der Waals surface area (Å²) in [4.78, 5) is 47.3. The van der Waals surface area contributed by atoms with Crippen molar-refractivity contribution in [2.45, 2.75) is 46.2 Å². The molecule has 0 saturated heterocycles. The van der Waals surface area contributed by atoms with E-state index in [0.717, 1.165) is 4.68 Å². The van der Waals surface area contributed by atoms with Crippen LogP contribution >= 0.6 is 0 Å². The number of aryl methyl sites for hydroxylation is 1. The van der Waals surface area contributed by atoms with Gasteiger partial charge in [0.15, 0.2) is 12.3 Å². The lowest BCUT2D eigenvalue weighted by Gasteiger charge is -2.21. The van der Waals surface area contributed by atoms with Crippen molar-refractivity contribution in [2.75, 3.05) is 13.7 Å². The molecular weight excluding hydrogens is 342 g/mol. The molecule has 1 aromatic rings. The fraction of sp³-hybridized carbons (Fsp3) is 0.588. The van der Waals surface area contributed by atoms with E-state index in [2.05, 4.69) is 15.2 Å². The third kappa shape index (κ3) is 5.98. The van der Waals surface area contributed by atoms with Crippen LogP contribution in [0.1, 0.15) is 44.1 Å². The quantitative estimate of drug-likeness (QED) is 0.632. The van der Waals surface area contributed by atoms with Crippen molar-refractivity contribution in [3.05, 3.63) is 28.2 Å². The minimum Gasteiger partial charge on any atom is -0.467 e. The maximum atomic E-state index is 12.0. The van der Waals surface area contributed by atoms with Crippen molar-refractivity contribution < 1.29 is 23.9 Å². The third-order valence-electron chi connectivity index (χ3n) is 3.83. The van der Waals surface area contributed by atoms with Crippen LogP contribution in [0.25, 0.3) is 0 Å². The van der Waals surface area contributed by atoms with Crippen LogP contribution in [0, 0.1) is 5.92 Å². The molecule has 1 rings (SSSR count). The van der Waals surface area contributed by atoms with Gasteiger partial charge in [-0.1, -0.05) is 27.2 Å². The summed E-state index contributed by atoms with van der Waals surface area (Å²) in [5.41, 5.74) is -0.395. The monoisotopic (exact) mass is 367 g/mol. The number of nitrogens with one attached hydrogen (secondary N) is 1. The van der Waals surface area contributed by atoms with E-state index in [1.807, 2.05) is 13.8 Å². The van der Waals surface area contributed by atoms with Crippen LogP contribution in [0.15, 0.2) is 16.9 Å². The van der Waals surface area contributed by atoms with Gasteiger partial charge in [0.25, 0.3) is 11.5 Å². The van der Waals surface area contributed by atoms with Gasteiger partial charge in [0.05, 0.1) is 7.11 Å². The first-order valence-electron chi connectivity index (χ1n) is 8.46. The number of carbonyl (C=O) groups excluding carboxylic acids is 3. The normalized spacial score (nSPS) is 12.8. The maximum Gasteiger partial charge on any atom is 0.359 e. The summed E-state index contributed by atoms with van der Waals surface area (Å²) in [7, 11) is 1.24. The van der Waals surface area contributed by atoms with E-state index in [-0.39, 0.29) is 17.2 Å². The lowest BCUT2D eigenvalue weighted by atomic mass is 9.99. The minimum absolute atomic E-state index is 0.0719. The molecule has 0 bridgehead atoms. The van der Waals surface area contributed by atoms with Gasteiger partial charge in [0.2, 0.25) is 0 Å². The zero-order chi connectivity index (χ0) is 19.7. The maximum absolute atomic E-state index is 12.0. The third-order valence-corrected chi connectivity index (χ3v) is 3.83. The highest BCUT2D eigenvalue weighted by Gasteiger charge is 2.27. The van der Waals surface area contributed by atoms with E-state index in [1.54, 1.807) is 6.92 Å². The Morgan fingerprint density at radius 3 is 2.54 bits per heavy atom. The summed E-state index contributed by atoms with van der Waals surface area (Å²) >= 11 is 0. The number of ether oxygens (including phenoxy) is 2. The molecule has 0 aromatic carbocycles. The Labute approximate surface area is 151 Å². The van der Waals surface area contributed by atoms with Crippen molar-refractivity contribution in [1.82, 2.24) is 15.1 Å². The Kier molecular flexibility index (Phi) is 8.47. The van der Waals surface area contributed by atoms with Gasteiger partial charge in [0, 0.05) is 12.6 Å². The molecule has 0 aliphatic heterocycles. The number of nitrogens with zero attached hydrogens (tertiary/aromatic N) is 2. The average Bonchev–Trinajstić information content (AvgIpc) is 2.64. The first kappa shape index (κ1) is 21.3. The van der Waals surface area contributed by atoms with Crippen LogP contribution in [0.4, 0.5) is 0 Å². The number of methoxy groups -OCH3 is 1. The number of hydrogen-bond acceptors (Lipinski definition) is 7. The van der Waals surface area contributed by atoms with E-state index >= 15 is 0 Å². The molecule has 1 heterocycles. The summed E-state index contributed by atoms with van der Waals surface area (Å²) in [6, 6.07) is 1.64. The van der Waals surface area contributed by atoms with Gasteiger partial charge < -0.3 is 14.8 Å². The summed E-state index contributed by atoms with van der Waals surface area (Å²) < 4.78 is 10.7. The van der Waals surface area contributed by atoms with Crippen LogP contribution in [0.5, 0.6) is 0 Å². The molecule has 26 heavy (non-hydrogen) atoms. The molecule has 0 aliphatic carbocycles. The second kappa shape index (κ2) is 10.3. The van der Waals surface area contributed by atoms with E-state index in [4.69, 9.17) is 4.74 Å². The van der Waals surface area contributed by atoms with E-state index in [9.17, 15) is 19.2 Å². The molecule has 0 saturated carbocycles. The predicted molar refractivity (Wildman–Crippen MR) is 92.5 cm³/mol. The molecule has 9 heteroatoms. The summed E-state index contributed by atoms with van der Waals surface area (Å²) in [6.07, 6.45) is 1.33. The molecule has 2 unspecified atom stereocenters. The van der Waals surface area contributed by atoms with Gasteiger partial charge in [-0.15, -0.1) is 0 Å². The molecular formula is C17H25N3O6. The minimum atomic E-state index is -0.830. The summed E-state index contributed by atoms with van der Waals surface area (Å²) in [5.74, 6) is -2.16. The highest BCUT2D eigenvalue weighted by molar-refractivity contribution is 5.90. The molecule has 1 amide bonds. The SMILES string of the molecule is CCCn1nc(C(=O)OCC(=O)NC(C(=O)OC)C(C)CC)ccc1=O. The first-order chi connectivity index (χ1) is 12.3. The molecule has 144 valence electrons. The lowest BCUT2D eigenvalue weighted by molar-refractivity contribution is -0.147. The number of carbonyl (C=O) groups is 3. The second-order valence-corrected chi connectivity index (χ2v) is 5.81. The Bertz CT molecular complexity index is 700. The summed E-state index contributed by atoms with van der Waals surface area (Å²) in [6.45, 7) is 5.35. The standard InChI is InChI=1S/C17H25N3O6/c1-5-9-20-14(22)8-7-12(19-20)16(23)26-10-13(21)18-15(11(3)6-2)17(24)25-4/h7-8,11,15H,5-6,9-10H2,1-4H3,(H,18,21). The number of amides is 1. The fourth-order valence-corrected chi connectivity index (χ4v) is 2.15. The van der Waals surface area contributed by atoms with Gasteiger partial charge in [-0.3, -0.25) is 9.59 Å². The van der Waals surface area contributed by atoms with Crippen LogP contribution in [0.2, 0.25) is 0 Å². The summed E-state index contributed by atoms with van der Waals surface area (Å²) in [5, 5.41) is 6.41. The highest BCUT2D eigenvalue weighted by atomic mass is 16.5. The van der Waals surface area contributed by atoms with Crippen molar-refractivity contribution in [3.63, 3.8) is 0 Å². The molecule has 2 atom stereocenters. The fourth-order valence-electron chi connectivity index (χ4n) is 2.15. The van der Waals surface area contributed by atoms with E-state index in [0.29, 0.717) is 19.4 Å². The number of rotatable bonds is 9. The van der Waals surface area contributed by atoms with Gasteiger partial charge in [-0.2, -0.15) is 5.10 Å². The highest BCUT2D eigenvalue weighted by Crippen LogP contribution is 2.09. The van der Waals surface area contributed by atoms with Gasteiger partial charge in [0.1, 0.15) is 6.04 Å². The second-order valence-electron chi connectivity index (χ2n) is 5.81. The van der Waals surface area contributed by atoms with Crippen LogP contribution in [-0.4, -0.2) is 47.4 Å². The zero-order valence-electron chi connectivity index (χ0n) is 15.5. The van der Waals surface area contributed by atoms with Gasteiger partial charge in [-0.05, 0) is 18.4 Å². The molecule has 0 fully saturated rings. The zero-order valence-corrected chi connectivity index (χ0v) is 15.5. The Hall–Kier alpha value is -2.71. The first-order valence-corrected chi connectivity index (χ1v) is 8.46. The van der Waals surface area contributed by atoms with E-state index < -0.39 is 30.5 Å². The van der Waals surface area contributed by atoms with Crippen molar-refractivity contribution >= 4 is 17.8 Å². The lowest BCUT2D eigenvalue weighted by Crippen LogP contribution is -2.47. The van der Waals surface area contributed by atoms with Gasteiger partial charge >= 0.3 is 11.9 Å². The van der Waals surface area contributed by atoms with Gasteiger partial charge in [-0.25, -0.2) is 14.3 Å². The largest absolute Gasteiger partial charge is 0.467 e. The molecule has 9 nitrogen and oxygen atoms in total. The predicted octanol–water partition coefficient (Wildman–Crippen LogP) is 0.514. The molecule has 0 radical (unpaired) electrons. The molecule has 0 spiro atoms. The van der Waals surface area contributed by atoms with E-state index in [1.165, 1.54) is 19.2 Å². The molecule has 0 aliphatic rings. The Morgan fingerprint density at radius 1 is 1.27 bits per heavy atom. The number of aromatic nitrogens is 2. The Balaban J connectivity index is 2.68. The topological polar surface area (TPSA) is 117 Å². The van der Waals surface area contributed by atoms with Crippen LogP contribution < -0.4 is 10.9 Å². The van der Waals surface area contributed by atoms with Crippen molar-refractivity contribution in [3.8, 4) is 0 Å². The average molecular weight is 367 g/mol. The van der Waals surface area contributed by atoms with Crippen molar-refractivity contribution in [1.29, 1.82) is 0 Å². The molecule has 1 N–H and O–H groups in total. The van der Waals surface area contributed by atoms with Crippen molar-refractivity contribution in [2.24, 2.45) is 5.92 Å². The van der Waals surface area contributed by atoms with Crippen LogP contribution in [0.3, 0.4) is 0 Å². The van der Waals surface area contributed by atoms with Crippen LogP contribution in [-0.2, 0) is 25.6 Å².